The SMILES string of the molecule is NC1C2CCOC2C1Nc1ncc(Br)cc1C(F)(F)F. The molecular formula is C12H13BrF3N3O. The zero-order valence-corrected chi connectivity index (χ0v) is 11.9. The van der Waals surface area contributed by atoms with Crippen LogP contribution in [0.4, 0.5) is 19.0 Å². The van der Waals surface area contributed by atoms with Crippen molar-refractivity contribution >= 4 is 21.7 Å². The summed E-state index contributed by atoms with van der Waals surface area (Å²) in [5.74, 6) is 0.0346. The number of aromatic nitrogens is 1. The minimum absolute atomic E-state index is 0.114. The van der Waals surface area contributed by atoms with Crippen LogP contribution in [0.1, 0.15) is 12.0 Å². The van der Waals surface area contributed by atoms with Gasteiger partial charge in [-0.1, -0.05) is 0 Å². The molecule has 1 saturated carbocycles. The summed E-state index contributed by atoms with van der Waals surface area (Å²) in [6, 6.07) is 0.485. The van der Waals surface area contributed by atoms with Crippen LogP contribution in [0.2, 0.25) is 0 Å². The second-order valence-corrected chi connectivity index (χ2v) is 6.00. The molecule has 20 heavy (non-hydrogen) atoms. The number of hydrogen-bond acceptors (Lipinski definition) is 4. The number of nitrogens with one attached hydrogen (secondary N) is 1. The summed E-state index contributed by atoms with van der Waals surface area (Å²) in [7, 11) is 0. The van der Waals surface area contributed by atoms with E-state index in [-0.39, 0.29) is 34.4 Å². The Morgan fingerprint density at radius 1 is 1.45 bits per heavy atom. The largest absolute Gasteiger partial charge is 0.419 e. The number of pyridine rings is 1. The highest BCUT2D eigenvalue weighted by molar-refractivity contribution is 9.10. The third kappa shape index (κ3) is 2.29. The molecule has 1 aromatic rings. The van der Waals surface area contributed by atoms with Crippen LogP contribution in [0.25, 0.3) is 0 Å². The van der Waals surface area contributed by atoms with Crippen molar-refractivity contribution in [3.05, 3.63) is 22.3 Å². The first-order chi connectivity index (χ1) is 9.38. The molecule has 1 aliphatic carbocycles. The van der Waals surface area contributed by atoms with Gasteiger partial charge in [0.2, 0.25) is 0 Å². The normalized spacial score (nSPS) is 32.6. The first-order valence-electron chi connectivity index (χ1n) is 6.24. The molecule has 4 atom stereocenters. The maximum Gasteiger partial charge on any atom is 0.419 e. The minimum atomic E-state index is -4.47. The fraction of sp³-hybridized carbons (Fsp3) is 0.583. The van der Waals surface area contributed by atoms with E-state index in [4.69, 9.17) is 10.5 Å². The van der Waals surface area contributed by atoms with E-state index in [1.54, 1.807) is 0 Å². The van der Waals surface area contributed by atoms with E-state index in [0.29, 0.717) is 6.61 Å². The lowest BCUT2D eigenvalue weighted by molar-refractivity contribution is -0.137. The van der Waals surface area contributed by atoms with Gasteiger partial charge in [-0.05, 0) is 28.4 Å². The number of rotatable bonds is 2. The van der Waals surface area contributed by atoms with Crippen LogP contribution in [-0.2, 0) is 10.9 Å². The van der Waals surface area contributed by atoms with Crippen molar-refractivity contribution < 1.29 is 17.9 Å². The van der Waals surface area contributed by atoms with Gasteiger partial charge in [0, 0.05) is 29.2 Å². The molecular weight excluding hydrogens is 339 g/mol. The molecule has 3 rings (SSSR count). The van der Waals surface area contributed by atoms with Crippen molar-refractivity contribution in [3.63, 3.8) is 0 Å². The van der Waals surface area contributed by atoms with Crippen molar-refractivity contribution in [3.8, 4) is 0 Å². The second kappa shape index (κ2) is 4.85. The summed E-state index contributed by atoms with van der Waals surface area (Å²) in [6.07, 6.45) is -2.39. The smallest absolute Gasteiger partial charge is 0.376 e. The molecule has 4 nitrogen and oxygen atoms in total. The van der Waals surface area contributed by atoms with Crippen molar-refractivity contribution in [1.82, 2.24) is 4.98 Å². The number of nitrogens with two attached hydrogens (primary N) is 1. The highest BCUT2D eigenvalue weighted by Gasteiger charge is 2.52. The predicted molar refractivity (Wildman–Crippen MR) is 70.2 cm³/mol. The van der Waals surface area contributed by atoms with Gasteiger partial charge in [0.25, 0.3) is 0 Å². The Kier molecular flexibility index (Phi) is 3.42. The average molecular weight is 352 g/mol. The quantitative estimate of drug-likeness (QED) is 0.858. The molecule has 2 heterocycles. The number of alkyl halides is 3. The fourth-order valence-corrected chi connectivity index (χ4v) is 3.19. The van der Waals surface area contributed by atoms with Gasteiger partial charge in [0.05, 0.1) is 17.7 Å². The highest BCUT2D eigenvalue weighted by atomic mass is 79.9. The Morgan fingerprint density at radius 2 is 2.20 bits per heavy atom. The van der Waals surface area contributed by atoms with Gasteiger partial charge in [0.15, 0.2) is 0 Å². The van der Waals surface area contributed by atoms with E-state index in [2.05, 4.69) is 26.2 Å². The van der Waals surface area contributed by atoms with E-state index in [1.807, 2.05) is 0 Å². The van der Waals surface area contributed by atoms with Gasteiger partial charge in [-0.3, -0.25) is 0 Å². The monoisotopic (exact) mass is 351 g/mol. The third-order valence-corrected chi connectivity index (χ3v) is 4.34. The summed E-state index contributed by atoms with van der Waals surface area (Å²) in [5, 5.41) is 2.80. The van der Waals surface area contributed by atoms with Crippen LogP contribution in [-0.4, -0.2) is 29.8 Å². The van der Waals surface area contributed by atoms with Gasteiger partial charge in [-0.2, -0.15) is 13.2 Å². The Labute approximate surface area is 122 Å². The molecule has 8 heteroatoms. The molecule has 110 valence electrons. The van der Waals surface area contributed by atoms with Gasteiger partial charge >= 0.3 is 6.18 Å². The number of nitrogens with zero attached hydrogens (tertiary/aromatic N) is 1. The summed E-state index contributed by atoms with van der Waals surface area (Å²) >= 11 is 3.00. The Hall–Kier alpha value is -0.860. The summed E-state index contributed by atoms with van der Waals surface area (Å²) in [6.45, 7) is 0.612. The van der Waals surface area contributed by atoms with Crippen LogP contribution in [0.5, 0.6) is 0 Å². The van der Waals surface area contributed by atoms with Crippen molar-refractivity contribution in [2.24, 2.45) is 11.7 Å². The van der Waals surface area contributed by atoms with E-state index >= 15 is 0 Å². The maximum absolute atomic E-state index is 13.0. The molecule has 0 spiro atoms. The average Bonchev–Trinajstić information content (AvgIpc) is 2.80. The zero-order chi connectivity index (χ0) is 14.5. The van der Waals surface area contributed by atoms with Gasteiger partial charge in [-0.25, -0.2) is 4.98 Å². The molecule has 2 fully saturated rings. The first kappa shape index (κ1) is 14.1. The van der Waals surface area contributed by atoms with Gasteiger partial charge < -0.3 is 15.8 Å². The van der Waals surface area contributed by atoms with E-state index in [9.17, 15) is 13.2 Å². The number of fused-ring (bicyclic) bond motifs is 1. The molecule has 1 aromatic heterocycles. The molecule has 0 bridgehead atoms. The lowest BCUT2D eigenvalue weighted by Gasteiger charge is -2.46. The number of anilines is 1. The summed E-state index contributed by atoms with van der Waals surface area (Å²) in [5.41, 5.74) is 5.18. The van der Waals surface area contributed by atoms with E-state index in [1.165, 1.54) is 6.20 Å². The van der Waals surface area contributed by atoms with Crippen LogP contribution in [0.15, 0.2) is 16.7 Å². The van der Waals surface area contributed by atoms with Crippen LogP contribution >= 0.6 is 15.9 Å². The van der Waals surface area contributed by atoms with Gasteiger partial charge in [-0.15, -0.1) is 0 Å². The molecule has 4 unspecified atom stereocenters. The van der Waals surface area contributed by atoms with Crippen molar-refractivity contribution in [2.75, 3.05) is 11.9 Å². The van der Waals surface area contributed by atoms with Crippen molar-refractivity contribution in [2.45, 2.75) is 30.8 Å². The lowest BCUT2D eigenvalue weighted by Crippen LogP contribution is -2.65. The van der Waals surface area contributed by atoms with Crippen LogP contribution in [0.3, 0.4) is 0 Å². The molecule has 2 aliphatic rings. The van der Waals surface area contributed by atoms with E-state index < -0.39 is 11.7 Å². The second-order valence-electron chi connectivity index (χ2n) is 5.08. The lowest BCUT2D eigenvalue weighted by atomic mass is 9.72. The van der Waals surface area contributed by atoms with Crippen LogP contribution in [0, 0.1) is 5.92 Å². The molecule has 0 amide bonds. The van der Waals surface area contributed by atoms with Crippen molar-refractivity contribution in [1.29, 1.82) is 0 Å². The Bertz CT molecular complexity index is 525. The molecule has 1 aliphatic heterocycles. The number of hydrogen-bond donors (Lipinski definition) is 2. The van der Waals surface area contributed by atoms with E-state index in [0.717, 1.165) is 12.5 Å². The molecule has 0 radical (unpaired) electrons. The summed E-state index contributed by atoms with van der Waals surface area (Å²) < 4.78 is 44.8. The van der Waals surface area contributed by atoms with Gasteiger partial charge in [0.1, 0.15) is 5.82 Å². The third-order valence-electron chi connectivity index (χ3n) is 3.91. The first-order valence-corrected chi connectivity index (χ1v) is 7.03. The maximum atomic E-state index is 13.0. The summed E-state index contributed by atoms with van der Waals surface area (Å²) in [4.78, 5) is 3.83. The molecule has 0 aromatic carbocycles. The Balaban J connectivity index is 1.84. The van der Waals surface area contributed by atoms with Crippen LogP contribution < -0.4 is 11.1 Å². The number of halogens is 4. The predicted octanol–water partition coefficient (Wildman–Crippen LogP) is 2.39. The minimum Gasteiger partial charge on any atom is -0.376 e. The highest BCUT2D eigenvalue weighted by Crippen LogP contribution is 2.41. The zero-order valence-electron chi connectivity index (χ0n) is 10.3. The standard InChI is InChI=1S/C12H13BrF3N3O/c13-5-3-7(12(14,15)16)11(18-4-5)19-9-8(17)6-1-2-20-10(6)9/h3-4,6,8-10H,1-2,17H2,(H,18,19). The molecule has 1 saturated heterocycles. The topological polar surface area (TPSA) is 60.2 Å². The number of ether oxygens (including phenoxy) is 1. The Morgan fingerprint density at radius 3 is 2.90 bits per heavy atom. The molecule has 3 N–H and O–H groups in total. The fourth-order valence-electron chi connectivity index (χ4n) is 2.86.